The quantitative estimate of drug-likeness (QED) is 0.377. The second-order valence-corrected chi connectivity index (χ2v) is 14.8. The van der Waals surface area contributed by atoms with Crippen molar-refractivity contribution >= 4 is 19.4 Å². The summed E-state index contributed by atoms with van der Waals surface area (Å²) in [5.74, 6) is 1.45. The molecule has 4 rings (SSSR count). The molecule has 0 spiro atoms. The standard InChI is InChI=1S/C24H30F2N2O3Si/c1-14-10-16(22-17(11-14)28-21(13-27-22)30-23(25)26)20-12-15-18(29-20)8-7-9-19(15)31-32(5,6)24(2,3)4/h10-13,19,23H,7-9H2,1-6H3. The topological polar surface area (TPSA) is 57.4 Å². The average Bonchev–Trinajstić information content (AvgIpc) is 3.10. The van der Waals surface area contributed by atoms with Gasteiger partial charge in [-0.1, -0.05) is 20.8 Å². The summed E-state index contributed by atoms with van der Waals surface area (Å²) in [5.41, 5.74) is 3.90. The second kappa shape index (κ2) is 8.23. The molecular weight excluding hydrogens is 430 g/mol. The fourth-order valence-electron chi connectivity index (χ4n) is 3.89. The van der Waals surface area contributed by atoms with E-state index in [9.17, 15) is 8.78 Å². The van der Waals surface area contributed by atoms with E-state index in [4.69, 9.17) is 8.84 Å². The number of benzene rings is 1. The minimum atomic E-state index is -2.94. The van der Waals surface area contributed by atoms with Gasteiger partial charge in [0.25, 0.3) is 0 Å². The number of rotatable bonds is 5. The molecule has 0 bridgehead atoms. The van der Waals surface area contributed by atoms with Crippen LogP contribution in [0, 0.1) is 6.92 Å². The first-order valence-electron chi connectivity index (χ1n) is 11.0. The van der Waals surface area contributed by atoms with Crippen molar-refractivity contribution in [2.45, 2.75) is 77.8 Å². The van der Waals surface area contributed by atoms with Crippen LogP contribution < -0.4 is 4.74 Å². The molecule has 0 aliphatic heterocycles. The first kappa shape index (κ1) is 22.9. The SMILES string of the molecule is Cc1cc(-c2cc3c(o2)CCCC3O[Si](C)(C)C(C)(C)C)c2ncc(OC(F)F)nc2c1. The molecule has 2 heterocycles. The zero-order chi connectivity index (χ0) is 23.3. The van der Waals surface area contributed by atoms with E-state index in [1.54, 1.807) is 6.07 Å². The zero-order valence-electron chi connectivity index (χ0n) is 19.5. The van der Waals surface area contributed by atoms with Crippen LogP contribution in [0.15, 0.2) is 28.8 Å². The average molecular weight is 461 g/mol. The Bertz CT molecular complexity index is 1140. The molecule has 0 fully saturated rings. The van der Waals surface area contributed by atoms with Gasteiger partial charge in [-0.25, -0.2) is 9.97 Å². The Morgan fingerprint density at radius 2 is 1.94 bits per heavy atom. The molecule has 3 aromatic rings. The van der Waals surface area contributed by atoms with Crippen molar-refractivity contribution in [3.05, 3.63) is 41.3 Å². The van der Waals surface area contributed by atoms with Gasteiger partial charge in [0.2, 0.25) is 5.88 Å². The van der Waals surface area contributed by atoms with Gasteiger partial charge >= 0.3 is 6.61 Å². The Labute approximate surface area is 188 Å². The number of furan rings is 1. The number of halogens is 2. The van der Waals surface area contributed by atoms with Gasteiger partial charge in [0.05, 0.1) is 23.3 Å². The summed E-state index contributed by atoms with van der Waals surface area (Å²) in [4.78, 5) is 8.57. The van der Waals surface area contributed by atoms with Crippen LogP contribution >= 0.6 is 0 Å². The molecule has 0 amide bonds. The number of alkyl halides is 2. The molecule has 32 heavy (non-hydrogen) atoms. The molecule has 1 atom stereocenters. The van der Waals surface area contributed by atoms with E-state index in [1.165, 1.54) is 6.20 Å². The number of aromatic nitrogens is 2. The van der Waals surface area contributed by atoms with Crippen LogP contribution in [-0.2, 0) is 10.8 Å². The second-order valence-electron chi connectivity index (χ2n) is 10.0. The smallest absolute Gasteiger partial charge is 0.388 e. The Kier molecular flexibility index (Phi) is 5.88. The molecular formula is C24H30F2N2O3Si. The van der Waals surface area contributed by atoms with Crippen LogP contribution in [0.2, 0.25) is 18.1 Å². The Morgan fingerprint density at radius 1 is 1.19 bits per heavy atom. The maximum absolute atomic E-state index is 12.6. The van der Waals surface area contributed by atoms with E-state index in [0.29, 0.717) is 16.8 Å². The normalized spacial score (nSPS) is 17.1. The Hall–Kier alpha value is -2.32. The third-order valence-electron chi connectivity index (χ3n) is 6.55. The summed E-state index contributed by atoms with van der Waals surface area (Å²) >= 11 is 0. The van der Waals surface area contributed by atoms with Gasteiger partial charge in [-0.05, 0) is 61.7 Å². The number of nitrogens with zero attached hydrogens (tertiary/aromatic N) is 2. The van der Waals surface area contributed by atoms with Crippen molar-refractivity contribution in [1.82, 2.24) is 9.97 Å². The maximum atomic E-state index is 12.6. The van der Waals surface area contributed by atoms with Gasteiger partial charge in [0.1, 0.15) is 11.5 Å². The molecule has 5 nitrogen and oxygen atoms in total. The highest BCUT2D eigenvalue weighted by atomic mass is 28.4. The lowest BCUT2D eigenvalue weighted by Gasteiger charge is -2.40. The van der Waals surface area contributed by atoms with Gasteiger partial charge in [-0.3, -0.25) is 0 Å². The largest absolute Gasteiger partial charge is 0.461 e. The molecule has 0 radical (unpaired) electrons. The highest BCUT2D eigenvalue weighted by Gasteiger charge is 2.41. The zero-order valence-corrected chi connectivity index (χ0v) is 20.5. The number of hydrogen-bond donors (Lipinski definition) is 0. The van der Waals surface area contributed by atoms with Crippen molar-refractivity contribution in [3.8, 4) is 17.2 Å². The molecule has 1 aliphatic carbocycles. The molecule has 172 valence electrons. The first-order chi connectivity index (χ1) is 14.9. The maximum Gasteiger partial charge on any atom is 0.388 e. The lowest BCUT2D eigenvalue weighted by Crippen LogP contribution is -2.42. The molecule has 0 saturated carbocycles. The van der Waals surface area contributed by atoms with Crippen molar-refractivity contribution in [2.75, 3.05) is 0 Å². The third kappa shape index (κ3) is 4.43. The molecule has 1 aliphatic rings. The van der Waals surface area contributed by atoms with E-state index in [1.807, 2.05) is 13.0 Å². The molecule has 1 aromatic carbocycles. The van der Waals surface area contributed by atoms with Crippen molar-refractivity contribution in [2.24, 2.45) is 0 Å². The van der Waals surface area contributed by atoms with Gasteiger partial charge in [0, 0.05) is 17.5 Å². The summed E-state index contributed by atoms with van der Waals surface area (Å²) in [6.07, 6.45) is 4.10. The highest BCUT2D eigenvalue weighted by Crippen LogP contribution is 2.45. The number of ether oxygens (including phenoxy) is 1. The van der Waals surface area contributed by atoms with E-state index in [-0.39, 0.29) is 17.0 Å². The fourth-order valence-corrected chi connectivity index (χ4v) is 5.20. The lowest BCUT2D eigenvalue weighted by atomic mass is 9.95. The number of aryl methyl sites for hydroxylation is 2. The van der Waals surface area contributed by atoms with E-state index < -0.39 is 14.9 Å². The fraction of sp³-hybridized carbons (Fsp3) is 0.500. The Balaban J connectivity index is 1.74. The summed E-state index contributed by atoms with van der Waals surface area (Å²) in [6, 6.07) is 5.85. The molecule has 1 unspecified atom stereocenters. The molecule has 0 N–H and O–H groups in total. The highest BCUT2D eigenvalue weighted by molar-refractivity contribution is 6.74. The minimum absolute atomic E-state index is 0.0188. The van der Waals surface area contributed by atoms with Gasteiger partial charge in [-0.2, -0.15) is 8.78 Å². The van der Waals surface area contributed by atoms with Gasteiger partial charge < -0.3 is 13.6 Å². The summed E-state index contributed by atoms with van der Waals surface area (Å²) in [7, 11) is -1.94. The number of hydrogen-bond acceptors (Lipinski definition) is 5. The van der Waals surface area contributed by atoms with Gasteiger partial charge in [-0.15, -0.1) is 0 Å². The summed E-state index contributed by atoms with van der Waals surface area (Å²) in [6.45, 7) is 10.3. The lowest BCUT2D eigenvalue weighted by molar-refractivity contribution is -0.0528. The van der Waals surface area contributed by atoms with Crippen LogP contribution in [0.5, 0.6) is 5.88 Å². The predicted octanol–water partition coefficient (Wildman–Crippen LogP) is 7.20. The van der Waals surface area contributed by atoms with Crippen molar-refractivity contribution in [1.29, 1.82) is 0 Å². The Morgan fingerprint density at radius 3 is 2.62 bits per heavy atom. The van der Waals surface area contributed by atoms with E-state index >= 15 is 0 Å². The van der Waals surface area contributed by atoms with Crippen LogP contribution in [-0.4, -0.2) is 24.9 Å². The van der Waals surface area contributed by atoms with Crippen molar-refractivity contribution < 1.29 is 22.4 Å². The van der Waals surface area contributed by atoms with Crippen LogP contribution in [0.25, 0.3) is 22.4 Å². The van der Waals surface area contributed by atoms with Crippen LogP contribution in [0.3, 0.4) is 0 Å². The summed E-state index contributed by atoms with van der Waals surface area (Å²) < 4.78 is 42.6. The van der Waals surface area contributed by atoms with Crippen molar-refractivity contribution in [3.63, 3.8) is 0 Å². The number of fused-ring (bicyclic) bond motifs is 2. The molecule has 0 saturated heterocycles. The minimum Gasteiger partial charge on any atom is -0.461 e. The van der Waals surface area contributed by atoms with E-state index in [2.05, 4.69) is 54.6 Å². The van der Waals surface area contributed by atoms with Crippen LogP contribution in [0.1, 0.15) is 56.6 Å². The summed E-state index contributed by atoms with van der Waals surface area (Å²) in [5, 5.41) is 0.123. The molecule has 2 aromatic heterocycles. The third-order valence-corrected chi connectivity index (χ3v) is 11.0. The predicted molar refractivity (Wildman–Crippen MR) is 123 cm³/mol. The monoisotopic (exact) mass is 460 g/mol. The van der Waals surface area contributed by atoms with E-state index in [0.717, 1.165) is 41.7 Å². The molecule has 8 heteroatoms. The van der Waals surface area contributed by atoms with Gasteiger partial charge in [0.15, 0.2) is 8.32 Å². The van der Waals surface area contributed by atoms with Crippen LogP contribution in [0.4, 0.5) is 8.78 Å². The first-order valence-corrected chi connectivity index (χ1v) is 13.9.